The van der Waals surface area contributed by atoms with Gasteiger partial charge in [0.1, 0.15) is 12.0 Å². The highest BCUT2D eigenvalue weighted by atomic mass is 15.2. The molecule has 1 aliphatic rings. The first-order chi connectivity index (χ1) is 12.3. The standard InChI is InChI=1S/C20H29N5/c1-2-3-11-22-19-18(21)20(24-15-23-19)25-12-9-17(10-13-25)14-16-7-5-4-6-8-16/h4-8,15,17H,2-3,9-14,21H2,1H3,(H,22,23,24). The number of nitrogen functional groups attached to an aromatic ring is 1. The van der Waals surface area contributed by atoms with Gasteiger partial charge in [0, 0.05) is 19.6 Å². The maximum absolute atomic E-state index is 6.33. The number of nitrogens with two attached hydrogens (primary N) is 1. The summed E-state index contributed by atoms with van der Waals surface area (Å²) in [5, 5.41) is 3.33. The maximum Gasteiger partial charge on any atom is 0.157 e. The highest BCUT2D eigenvalue weighted by Gasteiger charge is 2.22. The van der Waals surface area contributed by atoms with Gasteiger partial charge in [0.2, 0.25) is 0 Å². The van der Waals surface area contributed by atoms with Crippen LogP contribution in [0.3, 0.4) is 0 Å². The zero-order valence-corrected chi connectivity index (χ0v) is 15.1. The Hall–Kier alpha value is -2.30. The van der Waals surface area contributed by atoms with E-state index in [9.17, 15) is 0 Å². The van der Waals surface area contributed by atoms with Crippen LogP contribution in [0.2, 0.25) is 0 Å². The summed E-state index contributed by atoms with van der Waals surface area (Å²) >= 11 is 0. The maximum atomic E-state index is 6.33. The Kier molecular flexibility index (Phi) is 6.09. The van der Waals surface area contributed by atoms with E-state index in [1.165, 1.54) is 18.4 Å². The van der Waals surface area contributed by atoms with Crippen molar-refractivity contribution in [2.75, 3.05) is 35.6 Å². The number of hydrogen-bond donors (Lipinski definition) is 2. The zero-order chi connectivity index (χ0) is 17.5. The van der Waals surface area contributed by atoms with Crippen LogP contribution in [-0.2, 0) is 6.42 Å². The molecule has 1 aromatic heterocycles. The molecule has 1 fully saturated rings. The van der Waals surface area contributed by atoms with Gasteiger partial charge in [0.15, 0.2) is 11.6 Å². The Morgan fingerprint density at radius 2 is 1.92 bits per heavy atom. The van der Waals surface area contributed by atoms with Crippen molar-refractivity contribution in [1.29, 1.82) is 0 Å². The van der Waals surface area contributed by atoms with Crippen LogP contribution in [0, 0.1) is 5.92 Å². The van der Waals surface area contributed by atoms with E-state index >= 15 is 0 Å². The first-order valence-electron chi connectivity index (χ1n) is 9.41. The van der Waals surface area contributed by atoms with Crippen LogP contribution >= 0.6 is 0 Å². The van der Waals surface area contributed by atoms with Crippen molar-refractivity contribution >= 4 is 17.3 Å². The number of piperidine rings is 1. The SMILES string of the molecule is CCCCNc1ncnc(N2CCC(Cc3ccccc3)CC2)c1N. The summed E-state index contributed by atoms with van der Waals surface area (Å²) in [6.07, 6.45) is 7.41. The predicted molar refractivity (Wildman–Crippen MR) is 105 cm³/mol. The molecule has 134 valence electrons. The fraction of sp³-hybridized carbons (Fsp3) is 0.500. The van der Waals surface area contributed by atoms with E-state index in [2.05, 4.69) is 57.4 Å². The summed E-state index contributed by atoms with van der Waals surface area (Å²) in [4.78, 5) is 11.1. The van der Waals surface area contributed by atoms with Crippen LogP contribution in [-0.4, -0.2) is 29.6 Å². The van der Waals surface area contributed by atoms with Gasteiger partial charge in [-0.25, -0.2) is 9.97 Å². The van der Waals surface area contributed by atoms with E-state index in [1.54, 1.807) is 6.33 Å². The monoisotopic (exact) mass is 339 g/mol. The summed E-state index contributed by atoms with van der Waals surface area (Å²) in [6, 6.07) is 10.8. The molecule has 0 aliphatic carbocycles. The van der Waals surface area contributed by atoms with E-state index < -0.39 is 0 Å². The third-order valence-corrected chi connectivity index (χ3v) is 4.97. The van der Waals surface area contributed by atoms with Gasteiger partial charge >= 0.3 is 0 Å². The number of unbranched alkanes of at least 4 members (excludes halogenated alkanes) is 1. The fourth-order valence-electron chi connectivity index (χ4n) is 3.46. The molecule has 3 N–H and O–H groups in total. The van der Waals surface area contributed by atoms with Gasteiger partial charge in [-0.1, -0.05) is 43.7 Å². The number of nitrogens with one attached hydrogen (secondary N) is 1. The molecule has 2 heterocycles. The van der Waals surface area contributed by atoms with Gasteiger partial charge in [0.05, 0.1) is 0 Å². The Bertz CT molecular complexity index is 650. The molecule has 0 spiro atoms. The summed E-state index contributed by atoms with van der Waals surface area (Å²) in [5.74, 6) is 2.39. The predicted octanol–water partition coefficient (Wildman–Crippen LogP) is 3.73. The molecule has 1 aliphatic heterocycles. The van der Waals surface area contributed by atoms with E-state index in [0.717, 1.165) is 56.5 Å². The Balaban J connectivity index is 1.58. The lowest BCUT2D eigenvalue weighted by molar-refractivity contribution is 0.402. The second-order valence-corrected chi connectivity index (χ2v) is 6.86. The van der Waals surface area contributed by atoms with Crippen LogP contribution < -0.4 is 16.0 Å². The summed E-state index contributed by atoms with van der Waals surface area (Å²) in [7, 11) is 0. The average Bonchev–Trinajstić information content (AvgIpc) is 2.65. The molecule has 0 radical (unpaired) electrons. The number of anilines is 3. The van der Waals surface area contributed by atoms with E-state index in [1.807, 2.05) is 0 Å². The van der Waals surface area contributed by atoms with Gasteiger partial charge in [-0.15, -0.1) is 0 Å². The Morgan fingerprint density at radius 1 is 1.16 bits per heavy atom. The smallest absolute Gasteiger partial charge is 0.157 e. The van der Waals surface area contributed by atoms with Gasteiger partial charge in [-0.2, -0.15) is 0 Å². The molecular formula is C20H29N5. The molecule has 2 aromatic rings. The summed E-state index contributed by atoms with van der Waals surface area (Å²) in [6.45, 7) is 5.09. The van der Waals surface area contributed by atoms with Crippen molar-refractivity contribution in [3.8, 4) is 0 Å². The molecule has 0 atom stereocenters. The lowest BCUT2D eigenvalue weighted by Crippen LogP contribution is -2.35. The van der Waals surface area contributed by atoms with Crippen LogP contribution in [0.15, 0.2) is 36.7 Å². The first kappa shape index (κ1) is 17.5. The third kappa shape index (κ3) is 4.62. The molecule has 1 saturated heterocycles. The van der Waals surface area contributed by atoms with Crippen LogP contribution in [0.25, 0.3) is 0 Å². The number of rotatable bonds is 7. The van der Waals surface area contributed by atoms with Gasteiger partial charge in [0.25, 0.3) is 0 Å². The van der Waals surface area contributed by atoms with Crippen LogP contribution in [0.4, 0.5) is 17.3 Å². The Morgan fingerprint density at radius 3 is 2.64 bits per heavy atom. The molecule has 3 rings (SSSR count). The lowest BCUT2D eigenvalue weighted by Gasteiger charge is -2.33. The average molecular weight is 339 g/mol. The molecule has 0 saturated carbocycles. The number of hydrogen-bond acceptors (Lipinski definition) is 5. The molecule has 0 unspecified atom stereocenters. The van der Waals surface area contributed by atoms with E-state index in [4.69, 9.17) is 5.73 Å². The quantitative estimate of drug-likeness (QED) is 0.752. The zero-order valence-electron chi connectivity index (χ0n) is 15.1. The first-order valence-corrected chi connectivity index (χ1v) is 9.41. The van der Waals surface area contributed by atoms with Crippen molar-refractivity contribution in [3.63, 3.8) is 0 Å². The highest BCUT2D eigenvalue weighted by molar-refractivity contribution is 5.74. The number of nitrogens with zero attached hydrogens (tertiary/aromatic N) is 3. The lowest BCUT2D eigenvalue weighted by atomic mass is 9.90. The molecule has 0 bridgehead atoms. The third-order valence-electron chi connectivity index (χ3n) is 4.97. The van der Waals surface area contributed by atoms with Gasteiger partial charge < -0.3 is 16.0 Å². The van der Waals surface area contributed by atoms with E-state index in [0.29, 0.717) is 5.69 Å². The van der Waals surface area contributed by atoms with Crippen molar-refractivity contribution in [2.45, 2.75) is 39.0 Å². The second kappa shape index (κ2) is 8.70. The topological polar surface area (TPSA) is 67.1 Å². The molecule has 0 amide bonds. The highest BCUT2D eigenvalue weighted by Crippen LogP contribution is 2.30. The molecule has 5 nitrogen and oxygen atoms in total. The van der Waals surface area contributed by atoms with E-state index in [-0.39, 0.29) is 0 Å². The minimum absolute atomic E-state index is 0.681. The molecule has 25 heavy (non-hydrogen) atoms. The van der Waals surface area contributed by atoms with Crippen molar-refractivity contribution in [2.24, 2.45) is 5.92 Å². The van der Waals surface area contributed by atoms with Crippen LogP contribution in [0.1, 0.15) is 38.2 Å². The largest absolute Gasteiger partial charge is 0.393 e. The molecule has 5 heteroatoms. The number of benzene rings is 1. The molecular weight excluding hydrogens is 310 g/mol. The van der Waals surface area contributed by atoms with Gasteiger partial charge in [-0.05, 0) is 37.2 Å². The van der Waals surface area contributed by atoms with Crippen molar-refractivity contribution in [1.82, 2.24) is 9.97 Å². The minimum atomic E-state index is 0.681. The summed E-state index contributed by atoms with van der Waals surface area (Å²) < 4.78 is 0. The number of aromatic nitrogens is 2. The van der Waals surface area contributed by atoms with Crippen LogP contribution in [0.5, 0.6) is 0 Å². The normalized spacial score (nSPS) is 15.3. The second-order valence-electron chi connectivity index (χ2n) is 6.86. The summed E-state index contributed by atoms with van der Waals surface area (Å²) in [5.41, 5.74) is 8.44. The van der Waals surface area contributed by atoms with Gasteiger partial charge in [-0.3, -0.25) is 0 Å². The fourth-order valence-corrected chi connectivity index (χ4v) is 3.46. The van der Waals surface area contributed by atoms with Crippen molar-refractivity contribution in [3.05, 3.63) is 42.2 Å². The molecule has 1 aromatic carbocycles. The Labute approximate surface area is 150 Å². The van der Waals surface area contributed by atoms with Crippen molar-refractivity contribution < 1.29 is 0 Å². The minimum Gasteiger partial charge on any atom is -0.393 e.